The summed E-state index contributed by atoms with van der Waals surface area (Å²) in [5.74, 6) is 0.191. The molecule has 0 saturated heterocycles. The Balaban J connectivity index is 1.22. The molecular weight excluding hydrogens is 615 g/mol. The highest BCUT2D eigenvalue weighted by molar-refractivity contribution is 7.25. The van der Waals surface area contributed by atoms with Crippen LogP contribution in [0.25, 0.3) is 87.7 Å². The van der Waals surface area contributed by atoms with E-state index in [2.05, 4.69) is 9.97 Å². The highest BCUT2D eigenvalue weighted by atomic mass is 32.1. The first kappa shape index (κ1) is 17.3. The molecule has 4 heteroatoms. The van der Waals surface area contributed by atoms with E-state index in [1.54, 1.807) is 24.3 Å². The Morgan fingerprint density at radius 2 is 0.776 bits per heavy atom. The van der Waals surface area contributed by atoms with E-state index in [1.165, 1.54) is 0 Å². The smallest absolute Gasteiger partial charge is 0.164 e. The van der Waals surface area contributed by atoms with Gasteiger partial charge in [-0.15, -0.1) is 11.3 Å². The highest BCUT2D eigenvalue weighted by Gasteiger charge is 2.13. The molecule has 0 amide bonds. The number of rotatable bonds is 6. The molecule has 7 aromatic carbocycles. The average molecular weight is 659 g/mol. The normalized spacial score (nSPS) is 15.6. The van der Waals surface area contributed by atoms with Gasteiger partial charge in [0.15, 0.2) is 17.5 Å². The summed E-state index contributed by atoms with van der Waals surface area (Å²) in [7, 11) is 0. The molecule has 49 heavy (non-hydrogen) atoms. The predicted octanol–water partition coefficient (Wildman–Crippen LogP) is 12.2. The number of hydrogen-bond acceptors (Lipinski definition) is 4. The molecule has 0 spiro atoms. The SMILES string of the molecule is [2H]c1c([2H])c(-c2c([2H])c([2H])c(-c3c([2H])c([2H])c4sc5c([2H])c([2H])c([2H])c([2H])c5c4c3[2H])c([2H])c2[2H])c([2H])c([2H])c1-c1nc(-c2ccccc2)nc(-c2ccc(-c3ccccc3)cc2)n1. The molecule has 0 bridgehead atoms. The number of benzene rings is 7. The summed E-state index contributed by atoms with van der Waals surface area (Å²) in [6.07, 6.45) is 0. The number of thiophene rings is 1. The van der Waals surface area contributed by atoms with Gasteiger partial charge in [0.25, 0.3) is 0 Å². The summed E-state index contributed by atoms with van der Waals surface area (Å²) in [4.78, 5) is 14.0. The van der Waals surface area contributed by atoms with Crippen LogP contribution in [-0.2, 0) is 0 Å². The first-order valence-corrected chi connectivity index (χ1v) is 16.0. The first-order chi connectivity index (χ1) is 30.5. The van der Waals surface area contributed by atoms with Gasteiger partial charge in [-0.1, -0.05) is 157 Å². The second-order valence-corrected chi connectivity index (χ2v) is 11.9. The Hall–Kier alpha value is -6.23. The number of fused-ring (bicyclic) bond motifs is 3. The molecule has 0 saturated carbocycles. The molecule has 0 fully saturated rings. The largest absolute Gasteiger partial charge is 0.208 e. The molecule has 9 aromatic rings. The van der Waals surface area contributed by atoms with Crippen LogP contribution in [0.2, 0.25) is 0 Å². The summed E-state index contributed by atoms with van der Waals surface area (Å²) >= 11 is 0.807. The van der Waals surface area contributed by atoms with Crippen LogP contribution in [0.5, 0.6) is 0 Å². The molecule has 0 radical (unpaired) electrons. The third kappa shape index (κ3) is 5.69. The number of aromatic nitrogens is 3. The van der Waals surface area contributed by atoms with E-state index in [0.717, 1.165) is 22.5 Å². The van der Waals surface area contributed by atoms with Crippen molar-refractivity contribution in [3.63, 3.8) is 0 Å². The third-order valence-electron chi connectivity index (χ3n) is 7.78. The molecule has 0 aliphatic heterocycles. The van der Waals surface area contributed by atoms with Crippen molar-refractivity contribution in [1.82, 2.24) is 15.0 Å². The van der Waals surface area contributed by atoms with Crippen molar-refractivity contribution in [3.8, 4) is 67.5 Å². The molecule has 0 unspecified atom stereocenters. The van der Waals surface area contributed by atoms with Crippen molar-refractivity contribution in [2.45, 2.75) is 0 Å². The van der Waals surface area contributed by atoms with E-state index >= 15 is 0 Å². The van der Waals surface area contributed by atoms with E-state index in [4.69, 9.17) is 18.7 Å². The molecule has 0 N–H and O–H groups in total. The monoisotopic (exact) mass is 658 g/mol. The van der Waals surface area contributed by atoms with E-state index in [1.807, 2.05) is 60.7 Å². The van der Waals surface area contributed by atoms with Crippen LogP contribution in [0.1, 0.15) is 20.6 Å². The van der Waals surface area contributed by atoms with Crippen LogP contribution in [0, 0.1) is 0 Å². The van der Waals surface area contributed by atoms with Gasteiger partial charge < -0.3 is 0 Å². The second-order valence-electron chi connectivity index (χ2n) is 10.9. The predicted molar refractivity (Wildman–Crippen MR) is 205 cm³/mol. The van der Waals surface area contributed by atoms with Gasteiger partial charge in [-0.3, -0.25) is 0 Å². The zero-order valence-electron chi connectivity index (χ0n) is 40.3. The molecular formula is C45H29N3S. The van der Waals surface area contributed by atoms with Gasteiger partial charge in [0.1, 0.15) is 0 Å². The lowest BCUT2D eigenvalue weighted by Crippen LogP contribution is -2.00. The van der Waals surface area contributed by atoms with Crippen molar-refractivity contribution in [2.24, 2.45) is 0 Å². The highest BCUT2D eigenvalue weighted by Crippen LogP contribution is 2.37. The van der Waals surface area contributed by atoms with Crippen LogP contribution in [0.3, 0.4) is 0 Å². The van der Waals surface area contributed by atoms with Gasteiger partial charge in [0.05, 0.1) is 20.6 Å². The maximum Gasteiger partial charge on any atom is 0.164 e. The van der Waals surface area contributed by atoms with E-state index in [9.17, 15) is 6.85 Å². The zero-order valence-corrected chi connectivity index (χ0v) is 26.1. The van der Waals surface area contributed by atoms with Crippen molar-refractivity contribution < 1.29 is 20.6 Å². The molecule has 2 heterocycles. The van der Waals surface area contributed by atoms with Crippen LogP contribution in [-0.4, -0.2) is 15.0 Å². The lowest BCUT2D eigenvalue weighted by molar-refractivity contribution is 1.07. The fourth-order valence-corrected chi connectivity index (χ4v) is 6.23. The number of hydrogen-bond donors (Lipinski definition) is 0. The second kappa shape index (κ2) is 12.4. The summed E-state index contributed by atoms with van der Waals surface area (Å²) in [5, 5.41) is -0.191. The average Bonchev–Trinajstić information content (AvgIpc) is 3.72. The Morgan fingerprint density at radius 3 is 1.41 bits per heavy atom. The molecule has 230 valence electrons. The van der Waals surface area contributed by atoms with Crippen molar-refractivity contribution in [1.29, 1.82) is 0 Å². The van der Waals surface area contributed by atoms with Gasteiger partial charge in [-0.2, -0.15) is 0 Å². The van der Waals surface area contributed by atoms with Gasteiger partial charge in [-0.25, -0.2) is 15.0 Å². The van der Waals surface area contributed by atoms with Gasteiger partial charge in [0.2, 0.25) is 0 Å². The summed E-state index contributed by atoms with van der Waals surface area (Å²) in [6.45, 7) is 0. The van der Waals surface area contributed by atoms with Crippen molar-refractivity contribution in [2.75, 3.05) is 0 Å². The molecule has 0 aliphatic carbocycles. The van der Waals surface area contributed by atoms with Crippen LogP contribution in [0.4, 0.5) is 0 Å². The zero-order chi connectivity index (χ0) is 45.6. The van der Waals surface area contributed by atoms with Gasteiger partial charge >= 0.3 is 0 Å². The topological polar surface area (TPSA) is 38.7 Å². The Kier molecular flexibility index (Phi) is 4.37. The third-order valence-corrected chi connectivity index (χ3v) is 8.80. The van der Waals surface area contributed by atoms with Gasteiger partial charge in [-0.05, 0) is 51.5 Å². The summed E-state index contributed by atoms with van der Waals surface area (Å²) in [5.41, 5.74) is 0.622. The lowest BCUT2D eigenvalue weighted by Gasteiger charge is -2.10. The van der Waals surface area contributed by atoms with Gasteiger partial charge in [0, 0.05) is 36.9 Å². The van der Waals surface area contributed by atoms with E-state index < -0.39 is 113 Å². The van der Waals surface area contributed by atoms with E-state index in [-0.39, 0.29) is 43.2 Å². The van der Waals surface area contributed by atoms with Crippen molar-refractivity contribution >= 4 is 31.5 Å². The van der Waals surface area contributed by atoms with E-state index in [0.29, 0.717) is 11.1 Å². The minimum absolute atomic E-state index is 0.0125. The summed E-state index contributed by atoms with van der Waals surface area (Å²) in [6, 6.07) is 16.5. The molecule has 9 rings (SSSR count). The summed E-state index contributed by atoms with van der Waals surface area (Å²) < 4.78 is 134. The lowest BCUT2D eigenvalue weighted by atomic mass is 9.98. The molecule has 0 atom stereocenters. The van der Waals surface area contributed by atoms with Crippen molar-refractivity contribution in [3.05, 3.63) is 176 Å². The first-order valence-electron chi connectivity index (χ1n) is 22.6. The minimum atomic E-state index is -0.806. The Morgan fingerprint density at radius 1 is 0.347 bits per heavy atom. The number of nitrogens with zero attached hydrogens (tertiary/aromatic N) is 3. The maximum atomic E-state index is 9.21. The van der Waals surface area contributed by atoms with Crippen LogP contribution >= 0.6 is 11.3 Å². The fraction of sp³-hybridized carbons (Fsp3) is 0. The molecule has 3 nitrogen and oxygen atoms in total. The fourth-order valence-electron chi connectivity index (χ4n) is 5.32. The van der Waals surface area contributed by atoms with Crippen LogP contribution < -0.4 is 0 Å². The Bertz CT molecular complexity index is 3380. The molecule has 0 aliphatic rings. The van der Waals surface area contributed by atoms with Crippen LogP contribution in [0.15, 0.2) is 176 Å². The minimum Gasteiger partial charge on any atom is -0.208 e. The molecule has 2 aromatic heterocycles. The standard InChI is InChI=1S/C45H29N3S/c1-3-9-30(10-4-1)31-19-23-36(24-20-31)44-46-43(35-11-5-2-6-12-35)47-45(48-44)37-25-21-33(22-26-37)32-15-17-34(18-16-32)38-27-28-42-40(29-38)39-13-7-8-14-41(39)49-42/h1-29H/i7D,8D,13D,14D,15D,16D,17D,18D,21D,22D,25D,26D,27D,28D,29D. The maximum absolute atomic E-state index is 9.21. The quantitative estimate of drug-likeness (QED) is 0.178. The Labute approximate surface area is 310 Å².